The molecule has 0 aromatic heterocycles. The lowest BCUT2D eigenvalue weighted by atomic mass is 9.68. The summed E-state index contributed by atoms with van der Waals surface area (Å²) in [5.41, 5.74) is 2.16. The molecule has 2 aliphatic rings. The molecule has 0 unspecified atom stereocenters. The van der Waals surface area contributed by atoms with E-state index in [-0.39, 0.29) is 5.82 Å². The van der Waals surface area contributed by atoms with Gasteiger partial charge in [0.2, 0.25) is 0 Å². The molecular weight excluding hydrogens is 403 g/mol. The van der Waals surface area contributed by atoms with Gasteiger partial charge >= 0.3 is 0 Å². The van der Waals surface area contributed by atoms with Crippen LogP contribution in [0.3, 0.4) is 0 Å². The van der Waals surface area contributed by atoms with Crippen LogP contribution in [-0.4, -0.2) is 0 Å². The van der Waals surface area contributed by atoms with Gasteiger partial charge in [-0.05, 0) is 104 Å². The summed E-state index contributed by atoms with van der Waals surface area (Å²) in [4.78, 5) is 0. The van der Waals surface area contributed by atoms with E-state index < -0.39 is 0 Å². The molecule has 0 atom stereocenters. The van der Waals surface area contributed by atoms with Gasteiger partial charge in [0.25, 0.3) is 0 Å². The molecule has 0 spiro atoms. The zero-order valence-corrected chi connectivity index (χ0v) is 20.5. The van der Waals surface area contributed by atoms with Gasteiger partial charge in [-0.2, -0.15) is 0 Å². The minimum absolute atomic E-state index is 0.00432. The lowest BCUT2D eigenvalue weighted by Crippen LogP contribution is -2.26. The van der Waals surface area contributed by atoms with Gasteiger partial charge in [-0.15, -0.1) is 13.2 Å². The number of hydrogen-bond donors (Lipinski definition) is 0. The van der Waals surface area contributed by atoms with Crippen molar-refractivity contribution in [1.82, 2.24) is 0 Å². The van der Waals surface area contributed by atoms with Gasteiger partial charge in [0.05, 0.1) is 0 Å². The van der Waals surface area contributed by atoms with Crippen LogP contribution in [0.25, 0.3) is 10.8 Å². The van der Waals surface area contributed by atoms with E-state index in [9.17, 15) is 0 Å². The van der Waals surface area contributed by atoms with Crippen LogP contribution in [0.15, 0.2) is 55.6 Å². The van der Waals surface area contributed by atoms with Crippen LogP contribution in [0, 0.1) is 29.5 Å². The summed E-state index contributed by atoms with van der Waals surface area (Å²) in [5.74, 6) is 3.66. The molecule has 2 aromatic carbocycles. The molecule has 2 fully saturated rings. The Bertz CT molecular complexity index is 909. The maximum absolute atomic E-state index is 15.2. The molecule has 2 aliphatic carbocycles. The van der Waals surface area contributed by atoms with E-state index in [4.69, 9.17) is 0 Å². The molecule has 0 nitrogen and oxygen atoms in total. The third-order valence-corrected chi connectivity index (χ3v) is 8.79. The van der Waals surface area contributed by atoms with Crippen molar-refractivity contribution in [2.24, 2.45) is 23.7 Å². The highest BCUT2D eigenvalue weighted by Gasteiger charge is 2.30. The van der Waals surface area contributed by atoms with Crippen molar-refractivity contribution >= 4 is 10.8 Å². The van der Waals surface area contributed by atoms with E-state index in [0.29, 0.717) is 0 Å². The van der Waals surface area contributed by atoms with Crippen molar-refractivity contribution in [3.05, 3.63) is 72.6 Å². The van der Waals surface area contributed by atoms with Crippen LogP contribution in [0.1, 0.15) is 88.2 Å². The summed E-state index contributed by atoms with van der Waals surface area (Å²) in [6, 6.07) is 10.3. The van der Waals surface area contributed by atoms with Crippen molar-refractivity contribution in [3.8, 4) is 0 Å². The van der Waals surface area contributed by atoms with E-state index in [1.54, 1.807) is 0 Å². The van der Waals surface area contributed by atoms with Gasteiger partial charge in [-0.1, -0.05) is 68.2 Å². The number of aryl methyl sites for hydroxylation is 2. The minimum atomic E-state index is 0.00432. The third-order valence-electron chi connectivity index (χ3n) is 8.79. The summed E-state index contributed by atoms with van der Waals surface area (Å²) in [7, 11) is 0. The lowest BCUT2D eigenvalue weighted by Gasteiger charge is -2.38. The molecule has 4 rings (SSSR count). The topological polar surface area (TPSA) is 0 Å². The van der Waals surface area contributed by atoms with Crippen LogP contribution >= 0.6 is 0 Å². The first-order valence-electron chi connectivity index (χ1n) is 13.6. The fraction of sp³-hybridized carbons (Fsp3) is 0.562. The SMILES string of the molecule is C=CCCc1ccc2c(F)c(CCC3CCC(C4CCC(CCC=C)CC4)CC3)ccc2c1. The van der Waals surface area contributed by atoms with Gasteiger partial charge in [0, 0.05) is 5.39 Å². The van der Waals surface area contributed by atoms with E-state index in [1.807, 2.05) is 18.2 Å². The van der Waals surface area contributed by atoms with Crippen LogP contribution in [0.5, 0.6) is 0 Å². The molecule has 0 bridgehead atoms. The highest BCUT2D eigenvalue weighted by molar-refractivity contribution is 5.84. The number of hydrogen-bond acceptors (Lipinski definition) is 0. The predicted molar refractivity (Wildman–Crippen MR) is 141 cm³/mol. The minimum Gasteiger partial charge on any atom is -0.206 e. The van der Waals surface area contributed by atoms with Crippen molar-refractivity contribution in [2.75, 3.05) is 0 Å². The summed E-state index contributed by atoms with van der Waals surface area (Å²) in [6.45, 7) is 7.68. The molecule has 0 radical (unpaired) electrons. The summed E-state index contributed by atoms with van der Waals surface area (Å²) in [6.07, 6.45) is 21.8. The lowest BCUT2D eigenvalue weighted by molar-refractivity contribution is 0.141. The average molecular weight is 447 g/mol. The quantitative estimate of drug-likeness (QED) is 0.319. The van der Waals surface area contributed by atoms with Crippen molar-refractivity contribution in [3.63, 3.8) is 0 Å². The van der Waals surface area contributed by atoms with Gasteiger partial charge in [0.15, 0.2) is 0 Å². The Morgan fingerprint density at radius 1 is 0.727 bits per heavy atom. The zero-order chi connectivity index (χ0) is 23.0. The Kier molecular flexibility index (Phi) is 8.82. The van der Waals surface area contributed by atoms with E-state index in [0.717, 1.165) is 65.7 Å². The molecule has 1 heteroatoms. The highest BCUT2D eigenvalue weighted by Crippen LogP contribution is 2.43. The van der Waals surface area contributed by atoms with Crippen LogP contribution in [0.4, 0.5) is 4.39 Å². The molecule has 178 valence electrons. The number of allylic oxidation sites excluding steroid dienone is 2. The molecule has 0 N–H and O–H groups in total. The Morgan fingerprint density at radius 3 is 2.00 bits per heavy atom. The molecule has 2 saturated carbocycles. The number of rotatable bonds is 10. The monoisotopic (exact) mass is 446 g/mol. The van der Waals surface area contributed by atoms with E-state index in [2.05, 4.69) is 37.4 Å². The molecule has 2 aromatic rings. The molecule has 0 heterocycles. The molecule has 0 saturated heterocycles. The first-order valence-corrected chi connectivity index (χ1v) is 13.6. The van der Waals surface area contributed by atoms with E-state index >= 15 is 4.39 Å². The first kappa shape index (κ1) is 24.2. The fourth-order valence-corrected chi connectivity index (χ4v) is 6.61. The second-order valence-electron chi connectivity index (χ2n) is 10.9. The van der Waals surface area contributed by atoms with Crippen LogP contribution in [-0.2, 0) is 12.8 Å². The fourth-order valence-electron chi connectivity index (χ4n) is 6.61. The Morgan fingerprint density at radius 2 is 1.36 bits per heavy atom. The Balaban J connectivity index is 1.24. The Labute approximate surface area is 201 Å². The maximum Gasteiger partial charge on any atom is 0.134 e. The van der Waals surface area contributed by atoms with Gasteiger partial charge in [-0.25, -0.2) is 4.39 Å². The van der Waals surface area contributed by atoms with Gasteiger partial charge in [-0.3, -0.25) is 0 Å². The highest BCUT2D eigenvalue weighted by atomic mass is 19.1. The molecular formula is C32H43F. The summed E-state index contributed by atoms with van der Waals surface area (Å²) < 4.78 is 15.2. The second kappa shape index (κ2) is 12.0. The van der Waals surface area contributed by atoms with Crippen LogP contribution in [0.2, 0.25) is 0 Å². The molecule has 0 amide bonds. The summed E-state index contributed by atoms with van der Waals surface area (Å²) >= 11 is 0. The predicted octanol–water partition coefficient (Wildman–Crippen LogP) is 9.61. The maximum atomic E-state index is 15.2. The average Bonchev–Trinajstić information content (AvgIpc) is 2.86. The smallest absolute Gasteiger partial charge is 0.134 e. The van der Waals surface area contributed by atoms with Crippen molar-refractivity contribution in [2.45, 2.75) is 89.9 Å². The van der Waals surface area contributed by atoms with Crippen molar-refractivity contribution in [1.29, 1.82) is 0 Å². The van der Waals surface area contributed by atoms with E-state index in [1.165, 1.54) is 69.8 Å². The largest absolute Gasteiger partial charge is 0.206 e. The van der Waals surface area contributed by atoms with Gasteiger partial charge in [0.1, 0.15) is 5.82 Å². The second-order valence-corrected chi connectivity index (χ2v) is 10.9. The van der Waals surface area contributed by atoms with Crippen LogP contribution < -0.4 is 0 Å². The zero-order valence-electron chi connectivity index (χ0n) is 20.5. The van der Waals surface area contributed by atoms with Gasteiger partial charge < -0.3 is 0 Å². The normalized spacial score (nSPS) is 25.7. The summed E-state index contributed by atoms with van der Waals surface area (Å²) in [5, 5.41) is 1.81. The first-order chi connectivity index (χ1) is 16.2. The third kappa shape index (κ3) is 6.37. The molecule has 0 aliphatic heterocycles. The number of halogens is 1. The number of fused-ring (bicyclic) bond motifs is 1. The van der Waals surface area contributed by atoms with Crippen molar-refractivity contribution < 1.29 is 4.39 Å². The Hall–Kier alpha value is -1.89. The molecule has 33 heavy (non-hydrogen) atoms. The number of benzene rings is 2. The standard InChI is InChI=1S/C32H43F/c1-3-5-7-24-9-15-27(16-10-24)28-17-11-25(12-18-28)13-19-29-20-21-30-23-26(8-6-4-2)14-22-31(30)32(29)33/h3-4,14,20-25,27-28H,1-2,5-13,15-19H2.